The van der Waals surface area contributed by atoms with Crippen molar-refractivity contribution in [2.75, 3.05) is 7.11 Å². The minimum atomic E-state index is 0.151. The normalized spacial score (nSPS) is 24.8. The molecule has 0 aromatic heterocycles. The largest absolute Gasteiger partial charge is 0.381 e. The summed E-state index contributed by atoms with van der Waals surface area (Å²) in [7, 11) is 1.77. The molecule has 0 aromatic carbocycles. The van der Waals surface area contributed by atoms with Gasteiger partial charge in [-0.05, 0) is 46.0 Å². The summed E-state index contributed by atoms with van der Waals surface area (Å²) in [5.41, 5.74) is 2.88. The van der Waals surface area contributed by atoms with Gasteiger partial charge in [0.25, 0.3) is 0 Å². The molecule has 0 N–H and O–H groups in total. The standard InChI is InChI=1S/C20H36O2/c1-6-7-8-9-10-11-17-18(13-12-16(4)15(2)3)20(22-5)14-19(17)21/h17-18,20H,6-14H2,1-5H3/t17-,18-,20?/m1/s1. The predicted molar refractivity (Wildman–Crippen MR) is 94.1 cm³/mol. The highest BCUT2D eigenvalue weighted by molar-refractivity contribution is 5.84. The van der Waals surface area contributed by atoms with Gasteiger partial charge in [-0.25, -0.2) is 0 Å². The Kier molecular flexibility index (Phi) is 9.00. The van der Waals surface area contributed by atoms with Gasteiger partial charge in [0.05, 0.1) is 6.10 Å². The lowest BCUT2D eigenvalue weighted by Crippen LogP contribution is -2.22. The molecule has 2 heteroatoms. The van der Waals surface area contributed by atoms with Crippen molar-refractivity contribution in [1.29, 1.82) is 0 Å². The molecule has 22 heavy (non-hydrogen) atoms. The number of unbranched alkanes of at least 4 members (excludes halogenated alkanes) is 4. The van der Waals surface area contributed by atoms with Gasteiger partial charge in [0.1, 0.15) is 5.78 Å². The summed E-state index contributed by atoms with van der Waals surface area (Å²) in [6, 6.07) is 0. The minimum absolute atomic E-state index is 0.151. The number of ether oxygens (including phenoxy) is 1. The molecule has 1 unspecified atom stereocenters. The molecule has 0 amide bonds. The lowest BCUT2D eigenvalue weighted by atomic mass is 9.84. The maximum Gasteiger partial charge on any atom is 0.138 e. The van der Waals surface area contributed by atoms with E-state index in [-0.39, 0.29) is 12.0 Å². The van der Waals surface area contributed by atoms with Crippen LogP contribution in [-0.2, 0) is 9.53 Å². The number of carbonyl (C=O) groups excluding carboxylic acids is 1. The average molecular weight is 309 g/mol. The van der Waals surface area contributed by atoms with Crippen molar-refractivity contribution in [2.45, 2.75) is 91.6 Å². The molecule has 2 nitrogen and oxygen atoms in total. The molecule has 0 heterocycles. The van der Waals surface area contributed by atoms with Crippen molar-refractivity contribution in [3.63, 3.8) is 0 Å². The first-order valence-electron chi connectivity index (χ1n) is 9.19. The maximum atomic E-state index is 12.4. The van der Waals surface area contributed by atoms with Crippen molar-refractivity contribution < 1.29 is 9.53 Å². The second-order valence-electron chi connectivity index (χ2n) is 7.24. The van der Waals surface area contributed by atoms with Crippen molar-refractivity contribution in [2.24, 2.45) is 11.8 Å². The zero-order valence-corrected chi connectivity index (χ0v) is 15.4. The number of allylic oxidation sites excluding steroid dienone is 2. The molecule has 3 atom stereocenters. The minimum Gasteiger partial charge on any atom is -0.381 e. The number of hydrogen-bond acceptors (Lipinski definition) is 2. The molecule has 0 bridgehead atoms. The van der Waals surface area contributed by atoms with Crippen LogP contribution in [-0.4, -0.2) is 19.0 Å². The number of methoxy groups -OCH3 is 1. The van der Waals surface area contributed by atoms with Gasteiger partial charge in [0.15, 0.2) is 0 Å². The number of hydrogen-bond donors (Lipinski definition) is 0. The van der Waals surface area contributed by atoms with E-state index in [1.807, 2.05) is 0 Å². The molecule has 0 aliphatic heterocycles. The van der Waals surface area contributed by atoms with Crippen LogP contribution in [0.4, 0.5) is 0 Å². The molecule has 0 saturated heterocycles. The van der Waals surface area contributed by atoms with Gasteiger partial charge < -0.3 is 4.74 Å². The Morgan fingerprint density at radius 2 is 1.77 bits per heavy atom. The van der Waals surface area contributed by atoms with Crippen LogP contribution in [0, 0.1) is 11.8 Å². The van der Waals surface area contributed by atoms with Crippen LogP contribution in [0.5, 0.6) is 0 Å². The van der Waals surface area contributed by atoms with E-state index < -0.39 is 0 Å². The number of Topliss-reactive ketones (excluding diaryl/α,β-unsaturated/α-hetero) is 1. The quantitative estimate of drug-likeness (QED) is 0.382. The van der Waals surface area contributed by atoms with Gasteiger partial charge in [-0.15, -0.1) is 0 Å². The molecule has 0 spiro atoms. The molecular formula is C20H36O2. The average Bonchev–Trinajstić information content (AvgIpc) is 2.80. The van der Waals surface area contributed by atoms with Gasteiger partial charge in [0, 0.05) is 19.4 Å². The fourth-order valence-electron chi connectivity index (χ4n) is 3.62. The summed E-state index contributed by atoms with van der Waals surface area (Å²) < 4.78 is 5.63. The molecule has 0 aromatic rings. The molecule has 128 valence electrons. The van der Waals surface area contributed by atoms with Crippen LogP contribution in [0.2, 0.25) is 0 Å². The molecule has 1 rings (SSSR count). The van der Waals surface area contributed by atoms with E-state index in [2.05, 4.69) is 27.7 Å². The summed E-state index contributed by atoms with van der Waals surface area (Å²) in [5.74, 6) is 1.12. The Hall–Kier alpha value is -0.630. The molecule has 1 aliphatic carbocycles. The Balaban J connectivity index is 2.54. The van der Waals surface area contributed by atoms with Crippen LogP contribution in [0.25, 0.3) is 0 Å². The molecular weight excluding hydrogens is 272 g/mol. The first-order chi connectivity index (χ1) is 10.5. The summed E-state index contributed by atoms with van der Waals surface area (Å²) in [5, 5.41) is 0. The molecule has 0 radical (unpaired) electrons. The van der Waals surface area contributed by atoms with Gasteiger partial charge in [-0.2, -0.15) is 0 Å². The maximum absolute atomic E-state index is 12.4. The van der Waals surface area contributed by atoms with Crippen LogP contribution in [0.15, 0.2) is 11.1 Å². The monoisotopic (exact) mass is 308 g/mol. The smallest absolute Gasteiger partial charge is 0.138 e. The van der Waals surface area contributed by atoms with E-state index in [1.54, 1.807) is 7.11 Å². The zero-order valence-electron chi connectivity index (χ0n) is 15.4. The van der Waals surface area contributed by atoms with Crippen molar-refractivity contribution in [3.05, 3.63) is 11.1 Å². The first kappa shape index (κ1) is 19.4. The molecule has 1 saturated carbocycles. The van der Waals surface area contributed by atoms with E-state index in [9.17, 15) is 4.79 Å². The third-order valence-electron chi connectivity index (χ3n) is 5.44. The SMILES string of the molecule is CCCCCCC[C@H]1C(=O)CC(OC)[C@@H]1CCC(C)=C(C)C. The second kappa shape index (κ2) is 10.2. The lowest BCUT2D eigenvalue weighted by Gasteiger charge is -2.23. The number of rotatable bonds is 10. The topological polar surface area (TPSA) is 26.3 Å². The Labute approximate surface area is 137 Å². The summed E-state index contributed by atoms with van der Waals surface area (Å²) >= 11 is 0. The first-order valence-corrected chi connectivity index (χ1v) is 9.19. The number of ketones is 1. The van der Waals surface area contributed by atoms with E-state index >= 15 is 0 Å². The van der Waals surface area contributed by atoms with E-state index in [0.29, 0.717) is 18.1 Å². The molecule has 1 fully saturated rings. The third kappa shape index (κ3) is 5.87. The fraction of sp³-hybridized carbons (Fsp3) is 0.850. The fourth-order valence-corrected chi connectivity index (χ4v) is 3.62. The highest BCUT2D eigenvalue weighted by Gasteiger charge is 2.41. The summed E-state index contributed by atoms with van der Waals surface area (Å²) in [6.45, 7) is 8.81. The Bertz CT molecular complexity index is 366. The zero-order chi connectivity index (χ0) is 16.5. The van der Waals surface area contributed by atoms with Crippen LogP contribution in [0.1, 0.15) is 85.5 Å². The van der Waals surface area contributed by atoms with Gasteiger partial charge in [0.2, 0.25) is 0 Å². The van der Waals surface area contributed by atoms with Crippen molar-refractivity contribution in [3.8, 4) is 0 Å². The highest BCUT2D eigenvalue weighted by atomic mass is 16.5. The van der Waals surface area contributed by atoms with Crippen molar-refractivity contribution in [1.82, 2.24) is 0 Å². The Morgan fingerprint density at radius 1 is 1.09 bits per heavy atom. The van der Waals surface area contributed by atoms with Gasteiger partial charge in [-0.1, -0.05) is 50.2 Å². The van der Waals surface area contributed by atoms with Crippen molar-refractivity contribution >= 4 is 5.78 Å². The highest BCUT2D eigenvalue weighted by Crippen LogP contribution is 2.38. The van der Waals surface area contributed by atoms with E-state index in [1.165, 1.54) is 43.3 Å². The van der Waals surface area contributed by atoms with Crippen LogP contribution >= 0.6 is 0 Å². The van der Waals surface area contributed by atoms with E-state index in [0.717, 1.165) is 19.3 Å². The predicted octanol–water partition coefficient (Wildman–Crippen LogP) is 5.70. The summed E-state index contributed by atoms with van der Waals surface area (Å²) in [4.78, 5) is 12.4. The van der Waals surface area contributed by atoms with Crippen LogP contribution < -0.4 is 0 Å². The summed E-state index contributed by atoms with van der Waals surface area (Å²) in [6.07, 6.45) is 10.4. The Morgan fingerprint density at radius 3 is 2.36 bits per heavy atom. The third-order valence-corrected chi connectivity index (χ3v) is 5.44. The van der Waals surface area contributed by atoms with Gasteiger partial charge in [-0.3, -0.25) is 4.79 Å². The second-order valence-corrected chi connectivity index (χ2v) is 7.24. The van der Waals surface area contributed by atoms with Crippen LogP contribution in [0.3, 0.4) is 0 Å². The number of carbonyl (C=O) groups is 1. The lowest BCUT2D eigenvalue weighted by molar-refractivity contribution is -0.121. The molecule has 1 aliphatic rings. The van der Waals surface area contributed by atoms with E-state index in [4.69, 9.17) is 4.74 Å². The van der Waals surface area contributed by atoms with Gasteiger partial charge >= 0.3 is 0 Å².